The summed E-state index contributed by atoms with van der Waals surface area (Å²) >= 11 is 1.35. The van der Waals surface area contributed by atoms with Crippen LogP contribution in [-0.2, 0) is 14.3 Å². The minimum atomic E-state index is -1.14. The van der Waals surface area contributed by atoms with E-state index in [-0.39, 0.29) is 0 Å². The van der Waals surface area contributed by atoms with E-state index in [1.54, 1.807) is 24.3 Å². The number of thioether (sulfide) groups is 1. The molecule has 2 atom stereocenters. The predicted molar refractivity (Wildman–Crippen MR) is 90.2 cm³/mol. The number of hydrogen-bond donors (Lipinski definition) is 1. The molecule has 1 aliphatic rings. The zero-order valence-electron chi connectivity index (χ0n) is 13.7. The minimum Gasteiger partial charge on any atom is -0.496 e. The van der Waals surface area contributed by atoms with Crippen LogP contribution in [0.25, 0.3) is 0 Å². The molecule has 0 unspecified atom stereocenters. The molecule has 0 bridgehead atoms. The molecule has 1 amide bonds. The molecule has 1 heterocycles. The second kappa shape index (κ2) is 7.88. The van der Waals surface area contributed by atoms with E-state index < -0.39 is 23.7 Å². The number of amides is 1. The average Bonchev–Trinajstić information content (AvgIpc) is 2.60. The number of allylic oxidation sites excluding steroid dienone is 1. The highest BCUT2D eigenvalue weighted by atomic mass is 32.2. The molecule has 0 saturated carbocycles. The van der Waals surface area contributed by atoms with Gasteiger partial charge in [-0.05, 0) is 11.8 Å². The molecule has 24 heavy (non-hydrogen) atoms. The molecule has 2 rings (SSSR count). The lowest BCUT2D eigenvalue weighted by Crippen LogP contribution is -2.44. The second-order valence-corrected chi connectivity index (χ2v) is 6.27. The molecule has 0 spiro atoms. The fourth-order valence-corrected chi connectivity index (χ4v) is 3.51. The van der Waals surface area contributed by atoms with Gasteiger partial charge in [-0.1, -0.05) is 25.1 Å². The lowest BCUT2D eigenvalue weighted by atomic mass is 9.78. The van der Waals surface area contributed by atoms with Crippen molar-refractivity contribution in [2.45, 2.75) is 12.8 Å². The predicted octanol–water partition coefficient (Wildman–Crippen LogP) is 2.19. The summed E-state index contributed by atoms with van der Waals surface area (Å²) in [4.78, 5) is 24.7. The van der Waals surface area contributed by atoms with E-state index in [0.717, 1.165) is 0 Å². The van der Waals surface area contributed by atoms with Crippen LogP contribution in [0, 0.1) is 17.2 Å². The van der Waals surface area contributed by atoms with E-state index in [4.69, 9.17) is 9.47 Å². The molecule has 1 aromatic carbocycles. The van der Waals surface area contributed by atoms with Gasteiger partial charge >= 0.3 is 5.97 Å². The summed E-state index contributed by atoms with van der Waals surface area (Å²) in [6, 6.07) is 9.20. The van der Waals surface area contributed by atoms with Crippen LogP contribution in [0.1, 0.15) is 18.4 Å². The van der Waals surface area contributed by atoms with E-state index in [9.17, 15) is 14.9 Å². The van der Waals surface area contributed by atoms with E-state index in [1.807, 2.05) is 6.92 Å². The van der Waals surface area contributed by atoms with Crippen molar-refractivity contribution in [3.05, 3.63) is 40.4 Å². The first-order valence-electron chi connectivity index (χ1n) is 7.37. The third-order valence-electron chi connectivity index (χ3n) is 3.75. The molecule has 0 aromatic heterocycles. The van der Waals surface area contributed by atoms with Crippen molar-refractivity contribution in [3.8, 4) is 11.8 Å². The summed E-state index contributed by atoms with van der Waals surface area (Å²) in [6.45, 7) is 1.92. The summed E-state index contributed by atoms with van der Waals surface area (Å²) in [6.07, 6.45) is 0. The second-order valence-electron chi connectivity index (χ2n) is 5.00. The van der Waals surface area contributed by atoms with Gasteiger partial charge in [-0.3, -0.25) is 9.59 Å². The number of carbonyl (C=O) groups excluding carboxylic acids is 2. The maximum atomic E-state index is 12.5. The molecule has 0 fully saturated rings. The van der Waals surface area contributed by atoms with Crippen molar-refractivity contribution in [1.82, 2.24) is 5.32 Å². The smallest absolute Gasteiger partial charge is 0.319 e. The Morgan fingerprint density at radius 2 is 2.08 bits per heavy atom. The molecule has 6 nitrogen and oxygen atoms in total. The summed E-state index contributed by atoms with van der Waals surface area (Å²) in [7, 11) is 2.73. The number of nitrogens with one attached hydrogen (secondary N) is 1. The van der Waals surface area contributed by atoms with Gasteiger partial charge in [0.1, 0.15) is 11.7 Å². The Morgan fingerprint density at radius 3 is 2.67 bits per heavy atom. The molecule has 1 aliphatic heterocycles. The average molecular weight is 346 g/mol. The number of nitrogens with zero attached hydrogens (tertiary/aromatic N) is 1. The molecular weight excluding hydrogens is 328 g/mol. The first-order valence-corrected chi connectivity index (χ1v) is 8.36. The van der Waals surface area contributed by atoms with Crippen LogP contribution in [0.2, 0.25) is 0 Å². The monoisotopic (exact) mass is 346 g/mol. The summed E-state index contributed by atoms with van der Waals surface area (Å²) in [5.74, 6) is -1.85. The van der Waals surface area contributed by atoms with Gasteiger partial charge in [0, 0.05) is 11.5 Å². The highest BCUT2D eigenvalue weighted by Crippen LogP contribution is 2.43. The van der Waals surface area contributed by atoms with Crippen molar-refractivity contribution in [2.24, 2.45) is 5.92 Å². The highest BCUT2D eigenvalue weighted by Gasteiger charge is 2.45. The fraction of sp³-hybridized carbons (Fsp3) is 0.353. The van der Waals surface area contributed by atoms with Crippen molar-refractivity contribution >= 4 is 23.6 Å². The number of ether oxygens (including phenoxy) is 2. The van der Waals surface area contributed by atoms with Crippen molar-refractivity contribution in [2.75, 3.05) is 20.0 Å². The Labute approximate surface area is 144 Å². The molecular formula is C17H18N2O4S. The van der Waals surface area contributed by atoms with Gasteiger partial charge in [0.05, 0.1) is 30.9 Å². The van der Waals surface area contributed by atoms with Gasteiger partial charge in [-0.25, -0.2) is 0 Å². The molecule has 0 aliphatic carbocycles. The lowest BCUT2D eigenvalue weighted by Gasteiger charge is -2.31. The van der Waals surface area contributed by atoms with Crippen LogP contribution in [0.15, 0.2) is 34.9 Å². The van der Waals surface area contributed by atoms with Crippen LogP contribution in [0.5, 0.6) is 5.75 Å². The summed E-state index contributed by atoms with van der Waals surface area (Å²) < 4.78 is 10.2. The first kappa shape index (κ1) is 17.9. The zero-order valence-corrected chi connectivity index (χ0v) is 14.5. The third-order valence-corrected chi connectivity index (χ3v) is 4.65. The largest absolute Gasteiger partial charge is 0.496 e. The molecule has 0 radical (unpaired) electrons. The number of nitriles is 1. The normalized spacial score (nSPS) is 20.2. The topological polar surface area (TPSA) is 88.4 Å². The third kappa shape index (κ3) is 3.24. The van der Waals surface area contributed by atoms with Crippen LogP contribution >= 0.6 is 11.8 Å². The number of para-hydroxylation sites is 1. The van der Waals surface area contributed by atoms with Crippen molar-refractivity contribution < 1.29 is 19.1 Å². The van der Waals surface area contributed by atoms with Gasteiger partial charge in [0.2, 0.25) is 5.91 Å². The lowest BCUT2D eigenvalue weighted by molar-refractivity contribution is -0.150. The number of methoxy groups -OCH3 is 2. The standard InChI is InChI=1S/C17H18N2O4S/c1-4-24-16-11(9-18)13(10-7-5-6-8-12(10)22-2)14(15(20)19-16)17(21)23-3/h5-8,13-14H,4H2,1-3H3,(H,19,20)/t13-,14-/m1/s1. The highest BCUT2D eigenvalue weighted by molar-refractivity contribution is 8.03. The summed E-state index contributed by atoms with van der Waals surface area (Å²) in [5.41, 5.74) is 0.942. The zero-order chi connectivity index (χ0) is 17.7. The Bertz CT molecular complexity index is 724. The Kier molecular flexibility index (Phi) is 5.88. The van der Waals surface area contributed by atoms with E-state index >= 15 is 0 Å². The number of carbonyl (C=O) groups is 2. The van der Waals surface area contributed by atoms with Gasteiger partial charge in [0.25, 0.3) is 0 Å². The molecule has 1 aromatic rings. The van der Waals surface area contributed by atoms with E-state index in [0.29, 0.717) is 27.7 Å². The SMILES string of the molecule is CCSC1=C(C#N)[C@@H](c2ccccc2OC)[C@@H](C(=O)OC)C(=O)N1. The van der Waals surface area contributed by atoms with Gasteiger partial charge in [-0.2, -0.15) is 5.26 Å². The van der Waals surface area contributed by atoms with E-state index in [1.165, 1.54) is 26.0 Å². The van der Waals surface area contributed by atoms with Crippen LogP contribution in [-0.4, -0.2) is 31.8 Å². The molecule has 1 N–H and O–H groups in total. The van der Waals surface area contributed by atoms with Gasteiger partial charge in [0.15, 0.2) is 0 Å². The maximum Gasteiger partial charge on any atom is 0.319 e. The van der Waals surface area contributed by atoms with Crippen LogP contribution in [0.3, 0.4) is 0 Å². The van der Waals surface area contributed by atoms with Crippen molar-refractivity contribution in [1.29, 1.82) is 5.26 Å². The molecule has 126 valence electrons. The number of rotatable bonds is 5. The van der Waals surface area contributed by atoms with Gasteiger partial charge in [-0.15, -0.1) is 11.8 Å². The Balaban J connectivity index is 2.69. The fourth-order valence-electron chi connectivity index (χ4n) is 2.72. The van der Waals surface area contributed by atoms with E-state index in [2.05, 4.69) is 11.4 Å². The van der Waals surface area contributed by atoms with Crippen LogP contribution in [0.4, 0.5) is 0 Å². The quantitative estimate of drug-likeness (QED) is 0.649. The first-order chi connectivity index (χ1) is 11.6. The number of esters is 1. The maximum absolute atomic E-state index is 12.5. The molecule has 0 saturated heterocycles. The Hall–Kier alpha value is -2.46. The number of benzene rings is 1. The van der Waals surface area contributed by atoms with Gasteiger partial charge < -0.3 is 14.8 Å². The molecule has 7 heteroatoms. The van der Waals surface area contributed by atoms with Crippen molar-refractivity contribution in [3.63, 3.8) is 0 Å². The van der Waals surface area contributed by atoms with Crippen LogP contribution < -0.4 is 10.1 Å². The summed E-state index contributed by atoms with van der Waals surface area (Å²) in [5, 5.41) is 12.8. The minimum absolute atomic E-state index is 0.335. The number of hydrogen-bond acceptors (Lipinski definition) is 6. The Morgan fingerprint density at radius 1 is 1.38 bits per heavy atom.